The molecular weight excluding hydrogens is 534 g/mol. The van der Waals surface area contributed by atoms with Crippen LogP contribution < -0.4 is 16.1 Å². The van der Waals surface area contributed by atoms with E-state index in [2.05, 4.69) is 40.3 Å². The van der Waals surface area contributed by atoms with Crippen LogP contribution in [0.5, 0.6) is 0 Å². The van der Waals surface area contributed by atoms with Crippen molar-refractivity contribution in [2.24, 2.45) is 11.8 Å². The molecule has 230 valence electrons. The molecule has 10 nitrogen and oxygen atoms in total. The molecule has 0 saturated carbocycles. The van der Waals surface area contributed by atoms with Gasteiger partial charge in [0.05, 0.1) is 18.1 Å². The van der Waals surface area contributed by atoms with Gasteiger partial charge in [-0.3, -0.25) is 24.2 Å². The number of carbonyl (C=O) groups is 4. The number of hydrogen-bond acceptors (Lipinski definition) is 6. The van der Waals surface area contributed by atoms with E-state index in [-0.39, 0.29) is 35.8 Å². The number of fused-ring (bicyclic) bond motifs is 6. The van der Waals surface area contributed by atoms with Gasteiger partial charge < -0.3 is 20.3 Å². The lowest BCUT2D eigenvalue weighted by Crippen LogP contribution is -2.62. The molecule has 3 heterocycles. The minimum atomic E-state index is -0.840. The highest BCUT2D eigenvalue weighted by Crippen LogP contribution is 2.33. The van der Waals surface area contributed by atoms with Gasteiger partial charge >= 0.3 is 0 Å². The molecule has 3 N–H and O–H groups in total. The van der Waals surface area contributed by atoms with E-state index in [0.29, 0.717) is 38.8 Å². The number of nitrogens with zero attached hydrogens (tertiary/aromatic N) is 2. The molecule has 2 fully saturated rings. The van der Waals surface area contributed by atoms with Crippen LogP contribution in [0.4, 0.5) is 0 Å². The number of benzene rings is 1. The molecule has 6 atom stereocenters. The first-order valence-corrected chi connectivity index (χ1v) is 15.4. The van der Waals surface area contributed by atoms with E-state index in [9.17, 15) is 19.2 Å². The summed E-state index contributed by atoms with van der Waals surface area (Å²) in [5, 5.41) is 7.15. The Morgan fingerprint density at radius 1 is 0.929 bits per heavy atom. The van der Waals surface area contributed by atoms with E-state index >= 15 is 0 Å². The summed E-state index contributed by atoms with van der Waals surface area (Å²) in [5.41, 5.74) is 5.32. The molecule has 0 radical (unpaired) electrons. The second-order valence-electron chi connectivity index (χ2n) is 12.2. The number of nitrogens with one attached hydrogen (secondary N) is 3. The zero-order valence-corrected chi connectivity index (χ0v) is 25.6. The summed E-state index contributed by atoms with van der Waals surface area (Å²) in [6.07, 6.45) is 8.32. The quantitative estimate of drug-likeness (QED) is 0.494. The van der Waals surface area contributed by atoms with Crippen LogP contribution in [0.1, 0.15) is 83.4 Å². The standard InChI is InChI=1S/C32H47N5O5/c1-20(2)28-30(39)33-22(4)31(40)37-18-9-14-25(35-37)32(41)36-17-10-15-26(36)24-13-8-12-23(19-24)11-6-7-16-27(42-5)21(3)29(38)34-28/h6,8,11-13,19-22,25-28,35H,7,9-10,14-18H2,1-5H3,(H,33,39)(H,34,38)/b11-6+/t21-,22+,25+,26?,27-,28+/m1/s1. The van der Waals surface area contributed by atoms with Gasteiger partial charge in [-0.25, -0.2) is 5.43 Å². The number of hydrogen-bond donors (Lipinski definition) is 3. The summed E-state index contributed by atoms with van der Waals surface area (Å²) >= 11 is 0. The van der Waals surface area contributed by atoms with E-state index in [1.807, 2.05) is 37.8 Å². The first-order chi connectivity index (χ1) is 20.1. The lowest BCUT2D eigenvalue weighted by molar-refractivity contribution is -0.146. The van der Waals surface area contributed by atoms with Crippen LogP contribution in [0.15, 0.2) is 30.3 Å². The smallest absolute Gasteiger partial charge is 0.258 e. The van der Waals surface area contributed by atoms with Crippen molar-refractivity contribution in [3.05, 3.63) is 41.5 Å². The molecule has 3 aliphatic heterocycles. The third-order valence-electron chi connectivity index (χ3n) is 8.76. The summed E-state index contributed by atoms with van der Waals surface area (Å²) in [5.74, 6) is -1.68. The Labute approximate surface area is 249 Å². The van der Waals surface area contributed by atoms with Crippen molar-refractivity contribution >= 4 is 29.7 Å². The summed E-state index contributed by atoms with van der Waals surface area (Å²) in [6.45, 7) is 8.28. The molecule has 1 aromatic rings. The topological polar surface area (TPSA) is 120 Å². The van der Waals surface area contributed by atoms with Crippen molar-refractivity contribution in [1.82, 2.24) is 26.0 Å². The minimum Gasteiger partial charge on any atom is -0.381 e. The lowest BCUT2D eigenvalue weighted by Gasteiger charge is -2.37. The summed E-state index contributed by atoms with van der Waals surface area (Å²) in [6, 6.07) is 6.12. The minimum absolute atomic E-state index is 0.00270. The fraction of sp³-hybridized carbons (Fsp3) is 0.625. The van der Waals surface area contributed by atoms with Gasteiger partial charge in [-0.15, -0.1) is 0 Å². The number of methoxy groups -OCH3 is 1. The van der Waals surface area contributed by atoms with E-state index in [4.69, 9.17) is 4.74 Å². The van der Waals surface area contributed by atoms with E-state index in [0.717, 1.165) is 24.0 Å². The number of hydrazine groups is 1. The van der Waals surface area contributed by atoms with Gasteiger partial charge in [0.25, 0.3) is 5.91 Å². The Hall–Kier alpha value is -3.24. The summed E-state index contributed by atoms with van der Waals surface area (Å²) in [4.78, 5) is 55.6. The maximum absolute atomic E-state index is 13.7. The average Bonchev–Trinajstić information content (AvgIpc) is 3.48. The SMILES string of the molecule is CO[C@@H]1CC/C=C/c2cccc(c2)C2CCCN2C(=O)[C@@H]2CCCN(N2)C(=O)[C@H](C)NC(=O)[C@H](C(C)C)NC(=O)[C@@H]1C. The highest BCUT2D eigenvalue weighted by molar-refractivity contribution is 5.92. The normalized spacial score (nSPS) is 31.1. The van der Waals surface area contributed by atoms with Crippen molar-refractivity contribution in [2.45, 2.75) is 96.5 Å². The van der Waals surface area contributed by atoms with Crippen LogP contribution in [0.2, 0.25) is 0 Å². The fourth-order valence-electron chi connectivity index (χ4n) is 6.21. The predicted molar refractivity (Wildman–Crippen MR) is 161 cm³/mol. The predicted octanol–water partition coefficient (Wildman–Crippen LogP) is 2.95. The van der Waals surface area contributed by atoms with Gasteiger partial charge in [0.2, 0.25) is 17.7 Å². The molecule has 42 heavy (non-hydrogen) atoms. The van der Waals surface area contributed by atoms with E-state index < -0.39 is 30.0 Å². The van der Waals surface area contributed by atoms with Gasteiger partial charge in [0.15, 0.2) is 0 Å². The second-order valence-corrected chi connectivity index (χ2v) is 12.2. The van der Waals surface area contributed by atoms with Crippen LogP contribution in [0, 0.1) is 11.8 Å². The molecule has 10 heteroatoms. The molecule has 4 rings (SSSR count). The molecule has 4 bridgehead atoms. The Morgan fingerprint density at radius 3 is 2.43 bits per heavy atom. The maximum atomic E-state index is 13.7. The van der Waals surface area contributed by atoms with Crippen molar-refractivity contribution in [3.63, 3.8) is 0 Å². The first kappa shape index (κ1) is 31.7. The Bertz CT molecular complexity index is 1170. The molecule has 1 unspecified atom stereocenters. The Morgan fingerprint density at radius 2 is 1.69 bits per heavy atom. The van der Waals surface area contributed by atoms with Gasteiger partial charge in [-0.2, -0.15) is 0 Å². The maximum Gasteiger partial charge on any atom is 0.258 e. The third kappa shape index (κ3) is 7.39. The van der Waals surface area contributed by atoms with E-state index in [1.54, 1.807) is 14.0 Å². The number of allylic oxidation sites excluding steroid dienone is 1. The molecule has 4 amide bonds. The largest absolute Gasteiger partial charge is 0.381 e. The zero-order chi connectivity index (χ0) is 30.4. The molecule has 0 spiro atoms. The lowest BCUT2D eigenvalue weighted by atomic mass is 9.96. The van der Waals surface area contributed by atoms with Crippen molar-refractivity contribution in [1.29, 1.82) is 0 Å². The number of carbonyl (C=O) groups excluding carboxylic acids is 4. The molecule has 3 aliphatic rings. The summed E-state index contributed by atoms with van der Waals surface area (Å²) in [7, 11) is 1.60. The van der Waals surface area contributed by atoms with Crippen LogP contribution in [-0.4, -0.2) is 78.0 Å². The molecular formula is C32H47N5O5. The zero-order valence-electron chi connectivity index (χ0n) is 25.6. The van der Waals surface area contributed by atoms with Crippen LogP contribution in [0.25, 0.3) is 6.08 Å². The number of ether oxygens (including phenoxy) is 1. The van der Waals surface area contributed by atoms with Gasteiger partial charge in [-0.1, -0.05) is 51.1 Å². The van der Waals surface area contributed by atoms with Crippen LogP contribution in [0.3, 0.4) is 0 Å². The monoisotopic (exact) mass is 581 g/mol. The van der Waals surface area contributed by atoms with E-state index in [1.165, 1.54) is 5.01 Å². The Kier molecular flexibility index (Phi) is 10.8. The molecule has 1 aromatic carbocycles. The Balaban J connectivity index is 1.62. The first-order valence-electron chi connectivity index (χ1n) is 15.4. The van der Waals surface area contributed by atoms with Crippen LogP contribution in [-0.2, 0) is 23.9 Å². The highest BCUT2D eigenvalue weighted by Gasteiger charge is 2.38. The highest BCUT2D eigenvalue weighted by atomic mass is 16.5. The molecule has 0 aromatic heterocycles. The van der Waals surface area contributed by atoms with Gasteiger partial charge in [0, 0.05) is 20.2 Å². The molecule has 2 saturated heterocycles. The average molecular weight is 582 g/mol. The second kappa shape index (κ2) is 14.3. The number of rotatable bonds is 2. The summed E-state index contributed by atoms with van der Waals surface area (Å²) < 4.78 is 5.67. The fourth-order valence-corrected chi connectivity index (χ4v) is 6.21. The van der Waals surface area contributed by atoms with Crippen molar-refractivity contribution < 1.29 is 23.9 Å². The van der Waals surface area contributed by atoms with Crippen molar-refractivity contribution in [3.8, 4) is 0 Å². The third-order valence-corrected chi connectivity index (χ3v) is 8.76. The van der Waals surface area contributed by atoms with Crippen molar-refractivity contribution in [2.75, 3.05) is 20.2 Å². The number of amides is 4. The molecule has 0 aliphatic carbocycles. The van der Waals surface area contributed by atoms with Crippen LogP contribution >= 0.6 is 0 Å². The van der Waals surface area contributed by atoms with Gasteiger partial charge in [0.1, 0.15) is 18.1 Å². The van der Waals surface area contributed by atoms with Gasteiger partial charge in [-0.05, 0) is 68.6 Å².